The van der Waals surface area contributed by atoms with Gasteiger partial charge in [-0.3, -0.25) is 5.10 Å². The highest BCUT2D eigenvalue weighted by Crippen LogP contribution is 2.72. The molecule has 1 aromatic rings. The van der Waals surface area contributed by atoms with E-state index >= 15 is 0 Å². The first-order valence-corrected chi connectivity index (χ1v) is 8.24. The molecule has 3 N–H and O–H groups in total. The third-order valence-electron chi connectivity index (χ3n) is 6.28. The fourth-order valence-corrected chi connectivity index (χ4v) is 5.44. The maximum absolute atomic E-state index is 6.05. The molecule has 0 spiro atoms. The molecular weight excluding hydrogens is 250 g/mol. The second-order valence-corrected chi connectivity index (χ2v) is 7.38. The number of nitrogens with zero attached hydrogens (tertiary/aromatic N) is 3. The number of aromatic nitrogens is 3. The molecule has 1 aliphatic heterocycles. The Morgan fingerprint density at radius 2 is 1.95 bits per heavy atom. The molecule has 2 heterocycles. The maximum atomic E-state index is 6.05. The van der Waals surface area contributed by atoms with E-state index in [4.69, 9.17) is 10.7 Å². The molecule has 4 aliphatic rings. The summed E-state index contributed by atoms with van der Waals surface area (Å²) in [7, 11) is 0. The number of piperidine rings is 1. The van der Waals surface area contributed by atoms with Gasteiger partial charge in [-0.2, -0.15) is 4.98 Å². The predicted molar refractivity (Wildman–Crippen MR) is 76.4 cm³/mol. The third-order valence-corrected chi connectivity index (χ3v) is 6.28. The van der Waals surface area contributed by atoms with E-state index < -0.39 is 0 Å². The predicted octanol–water partition coefficient (Wildman–Crippen LogP) is 1.49. The van der Waals surface area contributed by atoms with E-state index in [1.54, 1.807) is 0 Å². The molecule has 1 saturated heterocycles. The Kier molecular flexibility index (Phi) is 2.29. The van der Waals surface area contributed by atoms with E-state index in [2.05, 4.69) is 15.1 Å². The minimum atomic E-state index is 0.279. The molecule has 4 fully saturated rings. The average Bonchev–Trinajstić information content (AvgIpc) is 2.88. The summed E-state index contributed by atoms with van der Waals surface area (Å²) in [6, 6.07) is 0.279. The van der Waals surface area contributed by atoms with E-state index in [1.807, 2.05) is 0 Å². The number of anilines is 1. The van der Waals surface area contributed by atoms with Crippen LogP contribution in [0.15, 0.2) is 0 Å². The molecule has 5 rings (SSSR count). The first-order valence-electron chi connectivity index (χ1n) is 8.24. The quantitative estimate of drug-likeness (QED) is 0.856. The molecule has 5 heteroatoms. The van der Waals surface area contributed by atoms with Crippen molar-refractivity contribution in [3.05, 3.63) is 5.82 Å². The molecule has 20 heavy (non-hydrogen) atoms. The molecule has 5 unspecified atom stereocenters. The van der Waals surface area contributed by atoms with E-state index in [0.717, 1.165) is 61.4 Å². The van der Waals surface area contributed by atoms with Gasteiger partial charge in [-0.1, -0.05) is 0 Å². The molecule has 0 radical (unpaired) electrons. The number of hydrogen-bond acceptors (Lipinski definition) is 4. The van der Waals surface area contributed by atoms with Crippen LogP contribution < -0.4 is 10.6 Å². The normalized spacial score (nSPS) is 45.8. The van der Waals surface area contributed by atoms with E-state index in [-0.39, 0.29) is 6.04 Å². The largest absolute Gasteiger partial charge is 0.338 e. The molecule has 3 aliphatic carbocycles. The SMILES string of the molecule is NC1CCCN(c2n[nH]c(C3C4C5CCC(C5)C34)n2)C1. The highest BCUT2D eigenvalue weighted by atomic mass is 15.4. The van der Waals surface area contributed by atoms with Crippen molar-refractivity contribution in [2.75, 3.05) is 18.0 Å². The van der Waals surface area contributed by atoms with Gasteiger partial charge in [0.15, 0.2) is 0 Å². The van der Waals surface area contributed by atoms with Crippen molar-refractivity contribution in [3.8, 4) is 0 Å². The van der Waals surface area contributed by atoms with Gasteiger partial charge in [-0.15, -0.1) is 5.10 Å². The highest BCUT2D eigenvalue weighted by Gasteiger charge is 2.66. The van der Waals surface area contributed by atoms with Crippen LogP contribution in [0.2, 0.25) is 0 Å². The van der Waals surface area contributed by atoms with Crippen LogP contribution in [0.4, 0.5) is 5.95 Å². The number of H-pyrrole nitrogens is 1. The van der Waals surface area contributed by atoms with Crippen molar-refractivity contribution in [1.82, 2.24) is 15.2 Å². The van der Waals surface area contributed by atoms with Gasteiger partial charge in [0, 0.05) is 25.0 Å². The Balaban J connectivity index is 1.34. The van der Waals surface area contributed by atoms with Crippen LogP contribution in [0.3, 0.4) is 0 Å². The van der Waals surface area contributed by atoms with Crippen molar-refractivity contribution < 1.29 is 0 Å². The van der Waals surface area contributed by atoms with Gasteiger partial charge in [0.25, 0.3) is 0 Å². The molecule has 5 atom stereocenters. The summed E-state index contributed by atoms with van der Waals surface area (Å²) in [4.78, 5) is 7.06. The van der Waals surface area contributed by atoms with Gasteiger partial charge in [-0.05, 0) is 55.8 Å². The van der Waals surface area contributed by atoms with E-state index in [1.165, 1.54) is 19.3 Å². The van der Waals surface area contributed by atoms with Crippen molar-refractivity contribution in [3.63, 3.8) is 0 Å². The van der Waals surface area contributed by atoms with Gasteiger partial charge in [0.05, 0.1) is 0 Å². The summed E-state index contributed by atoms with van der Waals surface area (Å²) in [5.74, 6) is 6.58. The number of fused-ring (bicyclic) bond motifs is 5. The monoisotopic (exact) mass is 273 g/mol. The zero-order chi connectivity index (χ0) is 13.3. The van der Waals surface area contributed by atoms with Crippen LogP contribution in [0, 0.1) is 23.7 Å². The van der Waals surface area contributed by atoms with Crippen LogP contribution in [-0.4, -0.2) is 34.3 Å². The molecule has 2 bridgehead atoms. The molecule has 1 aromatic heterocycles. The Bertz CT molecular complexity index is 510. The van der Waals surface area contributed by atoms with Gasteiger partial charge in [0.2, 0.25) is 5.95 Å². The lowest BCUT2D eigenvalue weighted by Crippen LogP contribution is -2.43. The first kappa shape index (κ1) is 11.5. The Labute approximate surface area is 119 Å². The number of aromatic amines is 1. The van der Waals surface area contributed by atoms with Gasteiger partial charge in [-0.25, -0.2) is 0 Å². The van der Waals surface area contributed by atoms with E-state index in [9.17, 15) is 0 Å². The van der Waals surface area contributed by atoms with Crippen LogP contribution >= 0.6 is 0 Å². The standard InChI is InChI=1S/C15H23N5/c16-10-2-1-5-20(7-10)15-17-14(18-19-15)13-11-8-3-4-9(6-8)12(11)13/h8-13H,1-7,16H2,(H,17,18,19). The lowest BCUT2D eigenvalue weighted by Gasteiger charge is -2.29. The second kappa shape index (κ2) is 3.97. The topological polar surface area (TPSA) is 70.8 Å². The summed E-state index contributed by atoms with van der Waals surface area (Å²) in [5.41, 5.74) is 6.05. The molecule has 3 saturated carbocycles. The fourth-order valence-electron chi connectivity index (χ4n) is 5.44. The smallest absolute Gasteiger partial charge is 0.244 e. The van der Waals surface area contributed by atoms with Crippen molar-refractivity contribution in [2.45, 2.75) is 44.1 Å². The maximum Gasteiger partial charge on any atom is 0.244 e. The van der Waals surface area contributed by atoms with Crippen molar-refractivity contribution in [1.29, 1.82) is 0 Å². The summed E-state index contributed by atoms with van der Waals surface area (Å²) < 4.78 is 0. The summed E-state index contributed by atoms with van der Waals surface area (Å²) in [5, 5.41) is 7.70. The van der Waals surface area contributed by atoms with Gasteiger partial charge >= 0.3 is 0 Å². The zero-order valence-corrected chi connectivity index (χ0v) is 11.8. The summed E-state index contributed by atoms with van der Waals surface area (Å²) in [6.07, 6.45) is 6.70. The number of hydrogen-bond donors (Lipinski definition) is 2. The van der Waals surface area contributed by atoms with Crippen LogP contribution in [-0.2, 0) is 0 Å². The van der Waals surface area contributed by atoms with Gasteiger partial charge < -0.3 is 10.6 Å². The first-order chi connectivity index (χ1) is 9.81. The molecular formula is C15H23N5. The molecule has 0 amide bonds. The third kappa shape index (κ3) is 1.53. The Hall–Kier alpha value is -1.10. The number of rotatable bonds is 2. The number of nitrogens with two attached hydrogens (primary N) is 1. The average molecular weight is 273 g/mol. The fraction of sp³-hybridized carbons (Fsp3) is 0.867. The summed E-state index contributed by atoms with van der Waals surface area (Å²) >= 11 is 0. The van der Waals surface area contributed by atoms with Crippen molar-refractivity contribution >= 4 is 5.95 Å². The van der Waals surface area contributed by atoms with Crippen molar-refractivity contribution in [2.24, 2.45) is 29.4 Å². The summed E-state index contributed by atoms with van der Waals surface area (Å²) in [6.45, 7) is 1.95. The Morgan fingerprint density at radius 3 is 2.70 bits per heavy atom. The highest BCUT2D eigenvalue weighted by molar-refractivity contribution is 5.33. The minimum absolute atomic E-state index is 0.279. The lowest BCUT2D eigenvalue weighted by atomic mass is 10.0. The molecule has 0 aromatic carbocycles. The lowest BCUT2D eigenvalue weighted by molar-refractivity contribution is 0.456. The van der Waals surface area contributed by atoms with Crippen LogP contribution in [0.25, 0.3) is 0 Å². The van der Waals surface area contributed by atoms with Gasteiger partial charge in [0.1, 0.15) is 5.82 Å². The zero-order valence-electron chi connectivity index (χ0n) is 11.8. The van der Waals surface area contributed by atoms with E-state index in [0.29, 0.717) is 5.92 Å². The second-order valence-electron chi connectivity index (χ2n) is 7.38. The molecule has 108 valence electrons. The Morgan fingerprint density at radius 1 is 1.15 bits per heavy atom. The van der Waals surface area contributed by atoms with Crippen LogP contribution in [0.1, 0.15) is 43.8 Å². The molecule has 5 nitrogen and oxygen atoms in total. The minimum Gasteiger partial charge on any atom is -0.338 e. The number of nitrogens with one attached hydrogen (secondary N) is 1. The van der Waals surface area contributed by atoms with Crippen LogP contribution in [0.5, 0.6) is 0 Å².